The number of benzene rings is 1. The molecule has 1 aromatic rings. The SMILES string of the molecule is O=C([O-])[C@@H]1CC(=O)N(c2cccc(O)c2)C1. The summed E-state index contributed by atoms with van der Waals surface area (Å²) in [5, 5.41) is 19.9. The zero-order valence-corrected chi connectivity index (χ0v) is 8.42. The highest BCUT2D eigenvalue weighted by Crippen LogP contribution is 2.27. The molecular weight excluding hydrogens is 210 g/mol. The predicted molar refractivity (Wildman–Crippen MR) is 53.6 cm³/mol. The second-order valence-electron chi connectivity index (χ2n) is 3.74. The molecule has 84 valence electrons. The van der Waals surface area contributed by atoms with Gasteiger partial charge >= 0.3 is 0 Å². The van der Waals surface area contributed by atoms with Crippen LogP contribution < -0.4 is 10.0 Å². The summed E-state index contributed by atoms with van der Waals surface area (Å²) in [4.78, 5) is 23.6. The number of rotatable bonds is 2. The van der Waals surface area contributed by atoms with Crippen molar-refractivity contribution in [3.63, 3.8) is 0 Å². The van der Waals surface area contributed by atoms with Crippen LogP contribution in [0.25, 0.3) is 0 Å². The van der Waals surface area contributed by atoms with Gasteiger partial charge in [0, 0.05) is 36.6 Å². The minimum Gasteiger partial charge on any atom is -0.550 e. The molecule has 5 heteroatoms. The fraction of sp³-hybridized carbons (Fsp3) is 0.273. The molecule has 0 aromatic heterocycles. The average molecular weight is 220 g/mol. The molecule has 1 aliphatic heterocycles. The van der Waals surface area contributed by atoms with Gasteiger partial charge < -0.3 is 19.9 Å². The number of phenols is 1. The molecule has 1 saturated heterocycles. The quantitative estimate of drug-likeness (QED) is 0.728. The van der Waals surface area contributed by atoms with E-state index in [1.54, 1.807) is 12.1 Å². The third-order valence-corrected chi connectivity index (χ3v) is 2.60. The number of carboxylic acid groups (broad SMARTS) is 1. The van der Waals surface area contributed by atoms with Crippen molar-refractivity contribution in [1.82, 2.24) is 0 Å². The van der Waals surface area contributed by atoms with Crippen LogP contribution in [0.4, 0.5) is 5.69 Å². The molecular formula is C11H10NO4-. The Morgan fingerprint density at radius 2 is 2.25 bits per heavy atom. The summed E-state index contributed by atoms with van der Waals surface area (Å²) in [5.41, 5.74) is 0.508. The largest absolute Gasteiger partial charge is 0.550 e. The minimum absolute atomic E-state index is 0.0437. The van der Waals surface area contributed by atoms with Crippen molar-refractivity contribution < 1.29 is 19.8 Å². The lowest BCUT2D eigenvalue weighted by molar-refractivity contribution is -0.310. The summed E-state index contributed by atoms with van der Waals surface area (Å²) in [6, 6.07) is 6.16. The number of phenolic OH excluding ortho intramolecular Hbond substituents is 1. The molecule has 0 radical (unpaired) electrons. The molecule has 5 nitrogen and oxygen atoms in total. The number of aliphatic carboxylic acids is 1. The highest BCUT2D eigenvalue weighted by molar-refractivity contribution is 5.99. The number of hydrogen-bond acceptors (Lipinski definition) is 4. The number of carbonyl (C=O) groups is 2. The van der Waals surface area contributed by atoms with Crippen molar-refractivity contribution in [2.75, 3.05) is 11.4 Å². The Bertz CT molecular complexity index is 443. The van der Waals surface area contributed by atoms with E-state index in [-0.39, 0.29) is 24.6 Å². The lowest BCUT2D eigenvalue weighted by atomic mass is 10.1. The molecule has 1 fully saturated rings. The van der Waals surface area contributed by atoms with Crippen molar-refractivity contribution in [2.24, 2.45) is 5.92 Å². The van der Waals surface area contributed by atoms with Gasteiger partial charge in [-0.1, -0.05) is 6.07 Å². The minimum atomic E-state index is -1.21. The van der Waals surface area contributed by atoms with E-state index >= 15 is 0 Å². The van der Waals surface area contributed by atoms with Crippen molar-refractivity contribution in [2.45, 2.75) is 6.42 Å². The normalized spacial score (nSPS) is 20.1. The maximum Gasteiger partial charge on any atom is 0.227 e. The van der Waals surface area contributed by atoms with Gasteiger partial charge in [0.2, 0.25) is 5.91 Å². The van der Waals surface area contributed by atoms with Crippen LogP contribution in [-0.4, -0.2) is 23.5 Å². The molecule has 1 atom stereocenters. The maximum atomic E-state index is 11.6. The first-order valence-electron chi connectivity index (χ1n) is 4.88. The Kier molecular flexibility index (Phi) is 2.52. The van der Waals surface area contributed by atoms with E-state index in [0.29, 0.717) is 5.69 Å². The maximum absolute atomic E-state index is 11.6. The Hall–Kier alpha value is -2.04. The van der Waals surface area contributed by atoms with Gasteiger partial charge in [0.1, 0.15) is 5.75 Å². The van der Waals surface area contributed by atoms with Crippen LogP contribution in [0.15, 0.2) is 24.3 Å². The zero-order valence-electron chi connectivity index (χ0n) is 8.42. The van der Waals surface area contributed by atoms with Gasteiger partial charge in [-0.05, 0) is 12.1 Å². The smallest absolute Gasteiger partial charge is 0.227 e. The van der Waals surface area contributed by atoms with Gasteiger partial charge in [-0.2, -0.15) is 0 Å². The Morgan fingerprint density at radius 3 is 2.81 bits per heavy atom. The Labute approximate surface area is 91.9 Å². The Balaban J connectivity index is 2.23. The third-order valence-electron chi connectivity index (χ3n) is 2.60. The van der Waals surface area contributed by atoms with Gasteiger partial charge in [0.25, 0.3) is 0 Å². The zero-order chi connectivity index (χ0) is 11.7. The summed E-state index contributed by atoms with van der Waals surface area (Å²) in [7, 11) is 0. The highest BCUT2D eigenvalue weighted by Gasteiger charge is 2.31. The second-order valence-corrected chi connectivity index (χ2v) is 3.74. The topological polar surface area (TPSA) is 80.7 Å². The second kappa shape index (κ2) is 3.84. The monoisotopic (exact) mass is 220 g/mol. The summed E-state index contributed by atoms with van der Waals surface area (Å²) < 4.78 is 0. The summed E-state index contributed by atoms with van der Waals surface area (Å²) in [5.74, 6) is -2.20. The van der Waals surface area contributed by atoms with Crippen molar-refractivity contribution >= 4 is 17.6 Å². The number of anilines is 1. The van der Waals surface area contributed by atoms with Crippen LogP contribution in [0.5, 0.6) is 5.75 Å². The first-order chi connectivity index (χ1) is 7.58. The van der Waals surface area contributed by atoms with Crippen LogP contribution in [0.1, 0.15) is 6.42 Å². The molecule has 1 aliphatic rings. The molecule has 1 heterocycles. The third kappa shape index (κ3) is 1.84. The van der Waals surface area contributed by atoms with Gasteiger partial charge in [0.15, 0.2) is 0 Å². The van der Waals surface area contributed by atoms with E-state index in [0.717, 1.165) is 0 Å². The van der Waals surface area contributed by atoms with E-state index < -0.39 is 11.9 Å². The van der Waals surface area contributed by atoms with E-state index in [1.807, 2.05) is 0 Å². The molecule has 1 N–H and O–H groups in total. The number of nitrogens with zero attached hydrogens (tertiary/aromatic N) is 1. The lowest BCUT2D eigenvalue weighted by Crippen LogP contribution is -2.33. The standard InChI is InChI=1S/C11H11NO4/c13-9-3-1-2-8(5-9)12-6-7(11(15)16)4-10(12)14/h1-3,5,7,13H,4,6H2,(H,15,16)/p-1/t7-/m1/s1. The fourth-order valence-corrected chi connectivity index (χ4v) is 1.78. The number of carbonyl (C=O) groups excluding carboxylic acids is 2. The van der Waals surface area contributed by atoms with Crippen molar-refractivity contribution in [3.05, 3.63) is 24.3 Å². The number of carboxylic acids is 1. The molecule has 16 heavy (non-hydrogen) atoms. The van der Waals surface area contributed by atoms with Crippen LogP contribution in [0, 0.1) is 5.92 Å². The average Bonchev–Trinajstić information content (AvgIpc) is 2.60. The van der Waals surface area contributed by atoms with E-state index in [9.17, 15) is 19.8 Å². The van der Waals surface area contributed by atoms with Crippen LogP contribution in [-0.2, 0) is 9.59 Å². The predicted octanol–water partition coefficient (Wildman–Crippen LogP) is -0.505. The summed E-state index contributed by atoms with van der Waals surface area (Å²) >= 11 is 0. The highest BCUT2D eigenvalue weighted by atomic mass is 16.4. The van der Waals surface area contributed by atoms with Gasteiger partial charge in [0.05, 0.1) is 0 Å². The molecule has 0 spiro atoms. The Morgan fingerprint density at radius 1 is 1.50 bits per heavy atom. The van der Waals surface area contributed by atoms with Crippen molar-refractivity contribution in [1.29, 1.82) is 0 Å². The van der Waals surface area contributed by atoms with E-state index in [2.05, 4.69) is 0 Å². The van der Waals surface area contributed by atoms with Crippen LogP contribution in [0.2, 0.25) is 0 Å². The van der Waals surface area contributed by atoms with Crippen LogP contribution >= 0.6 is 0 Å². The first-order valence-corrected chi connectivity index (χ1v) is 4.88. The molecule has 0 bridgehead atoms. The van der Waals surface area contributed by atoms with Gasteiger partial charge in [-0.3, -0.25) is 4.79 Å². The van der Waals surface area contributed by atoms with Crippen LogP contribution in [0.3, 0.4) is 0 Å². The first kappa shape index (κ1) is 10.5. The molecule has 1 amide bonds. The van der Waals surface area contributed by atoms with Gasteiger partial charge in [-0.15, -0.1) is 0 Å². The fourth-order valence-electron chi connectivity index (χ4n) is 1.78. The molecule has 0 unspecified atom stereocenters. The molecule has 0 saturated carbocycles. The lowest BCUT2D eigenvalue weighted by Gasteiger charge is -2.17. The number of hydrogen-bond donors (Lipinski definition) is 1. The summed E-state index contributed by atoms with van der Waals surface area (Å²) in [6.07, 6.45) is -0.0437. The molecule has 1 aromatic carbocycles. The number of aromatic hydroxyl groups is 1. The summed E-state index contributed by atoms with van der Waals surface area (Å²) in [6.45, 7) is 0.102. The van der Waals surface area contributed by atoms with E-state index in [1.165, 1.54) is 17.0 Å². The number of amides is 1. The van der Waals surface area contributed by atoms with Gasteiger partial charge in [-0.25, -0.2) is 0 Å². The van der Waals surface area contributed by atoms with E-state index in [4.69, 9.17) is 0 Å². The molecule has 0 aliphatic carbocycles. The van der Waals surface area contributed by atoms with Crippen molar-refractivity contribution in [3.8, 4) is 5.75 Å². The molecule has 2 rings (SSSR count).